The summed E-state index contributed by atoms with van der Waals surface area (Å²) in [5.41, 5.74) is 4.28. The molecular weight excluding hydrogens is 656 g/mol. The molecule has 270 valence electrons. The Hall–Kier alpha value is -4.95. The monoisotopic (exact) mass is 702 g/mol. The van der Waals surface area contributed by atoms with Gasteiger partial charge in [0.05, 0.1) is 12.2 Å². The Labute approximate surface area is 304 Å². The van der Waals surface area contributed by atoms with Gasteiger partial charge in [-0.3, -0.25) is 4.79 Å². The molecule has 0 fully saturated rings. The van der Waals surface area contributed by atoms with Crippen LogP contribution in [0.2, 0.25) is 0 Å². The second-order valence-corrected chi connectivity index (χ2v) is 15.0. The smallest absolute Gasteiger partial charge is 0.339 e. The highest BCUT2D eigenvalue weighted by Gasteiger charge is 2.50. The molecule has 8 heteroatoms. The topological polar surface area (TPSA) is 101 Å². The van der Waals surface area contributed by atoms with Gasteiger partial charge in [-0.15, -0.1) is 0 Å². The summed E-state index contributed by atoms with van der Waals surface area (Å²) in [6.07, 6.45) is 4.72. The van der Waals surface area contributed by atoms with Gasteiger partial charge in [0.25, 0.3) is 0 Å². The minimum absolute atomic E-state index is 0.000717. The first-order chi connectivity index (χ1) is 25.0. The molecule has 3 aliphatic heterocycles. The van der Waals surface area contributed by atoms with E-state index in [-0.39, 0.29) is 29.8 Å². The average Bonchev–Trinajstić information content (AvgIpc) is 3.12. The van der Waals surface area contributed by atoms with Crippen molar-refractivity contribution in [3.63, 3.8) is 0 Å². The number of carbonyl (C=O) groups is 2. The molecule has 0 radical (unpaired) electrons. The van der Waals surface area contributed by atoms with Crippen molar-refractivity contribution in [1.82, 2.24) is 0 Å². The molecule has 5 unspecified atom stereocenters. The van der Waals surface area contributed by atoms with Gasteiger partial charge in [-0.1, -0.05) is 72.3 Å². The molecule has 4 heterocycles. The molecule has 0 saturated carbocycles. The Balaban J connectivity index is 1.34. The minimum atomic E-state index is -1.11. The number of ether oxygens (including phenoxy) is 4. The molecule has 8 nitrogen and oxygen atoms in total. The van der Waals surface area contributed by atoms with E-state index >= 15 is 0 Å². The fourth-order valence-electron chi connectivity index (χ4n) is 7.98. The summed E-state index contributed by atoms with van der Waals surface area (Å²) in [6.45, 7) is 7.79. The molecular formula is C44H46O8. The Morgan fingerprint density at radius 3 is 2.38 bits per heavy atom. The van der Waals surface area contributed by atoms with Crippen LogP contribution in [0.25, 0.3) is 11.0 Å². The summed E-state index contributed by atoms with van der Waals surface area (Å²) in [5, 5.41) is 0.636. The summed E-state index contributed by atoms with van der Waals surface area (Å²) in [7, 11) is 1.58. The molecule has 4 aliphatic rings. The largest absolute Gasteiger partial charge is 0.483 e. The van der Waals surface area contributed by atoms with E-state index in [0.717, 1.165) is 23.1 Å². The van der Waals surface area contributed by atoms with Gasteiger partial charge in [-0.2, -0.15) is 0 Å². The van der Waals surface area contributed by atoms with Gasteiger partial charge >= 0.3 is 17.6 Å². The third kappa shape index (κ3) is 7.09. The molecule has 2 bridgehead atoms. The highest BCUT2D eigenvalue weighted by atomic mass is 16.6. The van der Waals surface area contributed by atoms with E-state index in [4.69, 9.17) is 23.4 Å². The van der Waals surface area contributed by atoms with E-state index < -0.39 is 35.4 Å². The molecule has 0 spiro atoms. The van der Waals surface area contributed by atoms with Crippen LogP contribution in [0.5, 0.6) is 5.75 Å². The van der Waals surface area contributed by atoms with Crippen LogP contribution in [0.15, 0.2) is 105 Å². The van der Waals surface area contributed by atoms with Crippen molar-refractivity contribution in [3.05, 3.63) is 134 Å². The second-order valence-electron chi connectivity index (χ2n) is 15.0. The first-order valence-electron chi connectivity index (χ1n) is 18.2. The van der Waals surface area contributed by atoms with Crippen LogP contribution in [-0.2, 0) is 36.6 Å². The van der Waals surface area contributed by atoms with Crippen molar-refractivity contribution >= 4 is 22.9 Å². The second kappa shape index (κ2) is 14.6. The number of methoxy groups -OCH3 is 1. The van der Waals surface area contributed by atoms with Gasteiger partial charge in [0.15, 0.2) is 12.2 Å². The van der Waals surface area contributed by atoms with E-state index in [9.17, 15) is 14.4 Å². The lowest BCUT2D eigenvalue weighted by atomic mass is 9.72. The lowest BCUT2D eigenvalue weighted by Crippen LogP contribution is -2.52. The molecule has 0 amide bonds. The fraction of sp³-hybridized carbons (Fsp3) is 0.386. The normalized spacial score (nSPS) is 24.2. The van der Waals surface area contributed by atoms with Gasteiger partial charge in [0.2, 0.25) is 0 Å². The third-order valence-electron chi connectivity index (χ3n) is 10.8. The van der Waals surface area contributed by atoms with Crippen molar-refractivity contribution < 1.29 is 33.0 Å². The number of esters is 2. The Bertz CT molecular complexity index is 2080. The predicted molar refractivity (Wildman–Crippen MR) is 198 cm³/mol. The molecule has 3 aromatic carbocycles. The van der Waals surface area contributed by atoms with Gasteiger partial charge in [-0.25, -0.2) is 9.59 Å². The maximum Gasteiger partial charge on any atom is 0.339 e. The quantitative estimate of drug-likeness (QED) is 0.0904. The van der Waals surface area contributed by atoms with Crippen LogP contribution >= 0.6 is 0 Å². The SMILES string of the molecule is COCCc1cc2ccc3c(c2oc1=O)C1OC(=O)CC2CC(c4ccccc4)C=CC2c2ccc(cc2)CCC(=C(C)C)C(=O)OC1C(C)(C)O3. The number of hydrogen-bond donors (Lipinski definition) is 0. The van der Waals surface area contributed by atoms with Crippen LogP contribution < -0.4 is 10.4 Å². The van der Waals surface area contributed by atoms with Crippen LogP contribution in [-0.4, -0.2) is 37.4 Å². The van der Waals surface area contributed by atoms with Crippen molar-refractivity contribution in [2.45, 2.75) is 89.4 Å². The fourth-order valence-corrected chi connectivity index (χ4v) is 7.98. The zero-order chi connectivity index (χ0) is 36.6. The predicted octanol–water partition coefficient (Wildman–Crippen LogP) is 8.47. The number of hydrogen-bond acceptors (Lipinski definition) is 8. The standard InChI is InChI=1S/C44H46O8/c1-26(2)34-18-13-27-11-14-29(15-12-27)35-19-16-30(28-9-7-6-8-10-28)23-33(35)25-37(45)49-40-38-36(52-44(3,4)41(40)51-43(34)47)20-17-31-24-32(21-22-48-5)42(46)50-39(31)38/h6-12,14-17,19-20,24,30,33,35,40-41H,13,18,21-23,25H2,1-5H3. The van der Waals surface area contributed by atoms with Crippen LogP contribution in [0.4, 0.5) is 0 Å². The molecule has 0 saturated heterocycles. The van der Waals surface area contributed by atoms with Gasteiger partial charge in [-0.05, 0) is 87.8 Å². The van der Waals surface area contributed by atoms with E-state index in [0.29, 0.717) is 53.7 Å². The van der Waals surface area contributed by atoms with Crippen molar-refractivity contribution in [2.24, 2.45) is 5.92 Å². The van der Waals surface area contributed by atoms with Gasteiger partial charge in [0.1, 0.15) is 16.9 Å². The summed E-state index contributed by atoms with van der Waals surface area (Å²) in [4.78, 5) is 41.8. The minimum Gasteiger partial charge on any atom is -0.483 e. The highest BCUT2D eigenvalue weighted by Crippen LogP contribution is 2.48. The maximum absolute atomic E-state index is 14.4. The van der Waals surface area contributed by atoms with Gasteiger partial charge < -0.3 is 23.4 Å². The summed E-state index contributed by atoms with van der Waals surface area (Å²) >= 11 is 0. The number of rotatable bonds is 4. The first-order valence-corrected chi connectivity index (χ1v) is 18.2. The first kappa shape index (κ1) is 35.5. The van der Waals surface area contributed by atoms with Crippen molar-refractivity contribution in [2.75, 3.05) is 13.7 Å². The molecule has 4 aromatic rings. The van der Waals surface area contributed by atoms with Crippen molar-refractivity contribution in [3.8, 4) is 5.75 Å². The number of allylic oxidation sites excluding steroid dienone is 3. The summed E-state index contributed by atoms with van der Waals surface area (Å²) < 4.78 is 30.6. The lowest BCUT2D eigenvalue weighted by molar-refractivity contribution is -0.188. The molecule has 5 atom stereocenters. The van der Waals surface area contributed by atoms with Crippen LogP contribution in [0, 0.1) is 5.92 Å². The maximum atomic E-state index is 14.4. The Morgan fingerprint density at radius 1 is 0.885 bits per heavy atom. The third-order valence-corrected chi connectivity index (χ3v) is 10.8. The summed E-state index contributed by atoms with van der Waals surface area (Å²) in [6, 6.07) is 24.2. The zero-order valence-corrected chi connectivity index (χ0v) is 30.5. The Kier molecular flexibility index (Phi) is 9.94. The average molecular weight is 703 g/mol. The van der Waals surface area contributed by atoms with E-state index in [2.05, 4.69) is 48.6 Å². The van der Waals surface area contributed by atoms with Gasteiger partial charge in [0, 0.05) is 48.3 Å². The van der Waals surface area contributed by atoms with E-state index in [1.807, 2.05) is 52.0 Å². The zero-order valence-electron chi connectivity index (χ0n) is 30.5. The highest BCUT2D eigenvalue weighted by molar-refractivity contribution is 5.90. The van der Waals surface area contributed by atoms with Crippen molar-refractivity contribution in [1.29, 1.82) is 0 Å². The molecule has 1 aromatic heterocycles. The summed E-state index contributed by atoms with van der Waals surface area (Å²) in [5.74, 6) is -0.463. The van der Waals surface area contributed by atoms with Crippen LogP contribution in [0.1, 0.15) is 92.7 Å². The molecule has 8 rings (SSSR count). The number of carbonyl (C=O) groups excluding carboxylic acids is 2. The van der Waals surface area contributed by atoms with Crippen LogP contribution in [0.3, 0.4) is 0 Å². The number of fused-ring (bicyclic) bond motifs is 11. The van der Waals surface area contributed by atoms with E-state index in [1.54, 1.807) is 19.2 Å². The molecule has 1 aliphatic carbocycles. The number of benzene rings is 3. The lowest BCUT2D eigenvalue weighted by Gasteiger charge is -2.43. The number of aryl methyl sites for hydroxylation is 1. The molecule has 52 heavy (non-hydrogen) atoms. The molecule has 0 N–H and O–H groups in total. The van der Waals surface area contributed by atoms with E-state index in [1.165, 1.54) is 5.56 Å². The Morgan fingerprint density at radius 2 is 1.65 bits per heavy atom.